The summed E-state index contributed by atoms with van der Waals surface area (Å²) in [6.45, 7) is 8.37. The first-order valence-electron chi connectivity index (χ1n) is 9.88. The largest absolute Gasteiger partial charge is 0.311 e. The molecule has 0 heterocycles. The highest BCUT2D eigenvalue weighted by Gasteiger charge is 2.12. The van der Waals surface area contributed by atoms with Crippen LogP contribution in [0, 0.1) is 10.5 Å². The van der Waals surface area contributed by atoms with Crippen molar-refractivity contribution >= 4 is 39.7 Å². The van der Waals surface area contributed by atoms with Gasteiger partial charge in [0.1, 0.15) is 0 Å². The number of halogens is 1. The van der Waals surface area contributed by atoms with Crippen molar-refractivity contribution in [3.63, 3.8) is 0 Å². The van der Waals surface area contributed by atoms with Crippen LogP contribution in [0.5, 0.6) is 0 Å². The number of benzene rings is 3. The average molecular weight is 471 g/mol. The van der Waals surface area contributed by atoms with E-state index in [0.29, 0.717) is 0 Å². The zero-order valence-corrected chi connectivity index (χ0v) is 19.0. The van der Waals surface area contributed by atoms with Gasteiger partial charge >= 0.3 is 0 Å². The number of unbranched alkanes of at least 4 members (excludes halogenated alkanes) is 1. The summed E-state index contributed by atoms with van der Waals surface area (Å²) in [4.78, 5) is 2.32. The quantitative estimate of drug-likeness (QED) is 0.326. The fourth-order valence-electron chi connectivity index (χ4n) is 2.92. The van der Waals surface area contributed by atoms with Gasteiger partial charge < -0.3 is 4.90 Å². The maximum Gasteiger partial charge on any atom is 0.0462 e. The standard InChI is InChI=1S/C23H24IN.C2H6/c1-3-4-5-19-8-14-22(15-9-19)25(21-12-6-18(2)7-13-21)23-16-10-20(24)11-17-23;1-2/h6-17H,3-5H2,1-2H3;1-2H3. The van der Waals surface area contributed by atoms with E-state index >= 15 is 0 Å². The van der Waals surface area contributed by atoms with E-state index in [1.54, 1.807) is 0 Å². The van der Waals surface area contributed by atoms with Gasteiger partial charge in [-0.15, -0.1) is 0 Å². The molecule has 0 saturated carbocycles. The van der Waals surface area contributed by atoms with E-state index in [0.717, 1.165) is 6.42 Å². The van der Waals surface area contributed by atoms with Crippen LogP contribution in [0.2, 0.25) is 0 Å². The molecule has 27 heavy (non-hydrogen) atoms. The summed E-state index contributed by atoms with van der Waals surface area (Å²) in [5.74, 6) is 0. The van der Waals surface area contributed by atoms with Crippen molar-refractivity contribution in [2.24, 2.45) is 0 Å². The van der Waals surface area contributed by atoms with Gasteiger partial charge in [-0.05, 0) is 96.5 Å². The molecule has 0 aliphatic heterocycles. The van der Waals surface area contributed by atoms with Crippen molar-refractivity contribution in [3.8, 4) is 0 Å². The summed E-state index contributed by atoms with van der Waals surface area (Å²) in [5, 5.41) is 0. The molecule has 0 saturated heterocycles. The highest BCUT2D eigenvalue weighted by Crippen LogP contribution is 2.34. The molecule has 0 aromatic heterocycles. The first-order valence-corrected chi connectivity index (χ1v) is 11.0. The zero-order chi connectivity index (χ0) is 19.6. The van der Waals surface area contributed by atoms with Crippen LogP contribution < -0.4 is 4.90 Å². The van der Waals surface area contributed by atoms with Crippen LogP contribution in [0.4, 0.5) is 17.1 Å². The van der Waals surface area contributed by atoms with Gasteiger partial charge in [0.2, 0.25) is 0 Å². The van der Waals surface area contributed by atoms with E-state index in [1.165, 1.54) is 44.6 Å². The van der Waals surface area contributed by atoms with Gasteiger partial charge in [0, 0.05) is 20.6 Å². The van der Waals surface area contributed by atoms with E-state index in [1.807, 2.05) is 13.8 Å². The first kappa shape index (κ1) is 21.5. The molecule has 0 unspecified atom stereocenters. The number of hydrogen-bond donors (Lipinski definition) is 0. The molecule has 0 fully saturated rings. The molecule has 0 amide bonds. The molecule has 2 heteroatoms. The summed E-state index contributed by atoms with van der Waals surface area (Å²) >= 11 is 2.35. The van der Waals surface area contributed by atoms with E-state index in [4.69, 9.17) is 0 Å². The van der Waals surface area contributed by atoms with Gasteiger partial charge in [-0.2, -0.15) is 0 Å². The fourth-order valence-corrected chi connectivity index (χ4v) is 3.28. The Bertz CT molecular complexity index is 744. The minimum atomic E-state index is 1.16. The van der Waals surface area contributed by atoms with Gasteiger partial charge in [-0.25, -0.2) is 0 Å². The number of rotatable bonds is 6. The second-order valence-corrected chi connectivity index (χ2v) is 7.66. The Morgan fingerprint density at radius 2 is 1.15 bits per heavy atom. The van der Waals surface area contributed by atoms with Crippen molar-refractivity contribution in [1.82, 2.24) is 0 Å². The number of hydrogen-bond acceptors (Lipinski definition) is 1. The Morgan fingerprint density at radius 3 is 1.63 bits per heavy atom. The Labute approximate surface area is 178 Å². The predicted octanol–water partition coefficient (Wildman–Crippen LogP) is 8.44. The molecule has 0 aliphatic carbocycles. The van der Waals surface area contributed by atoms with Crippen molar-refractivity contribution in [3.05, 3.63) is 87.5 Å². The molecule has 3 rings (SSSR count). The molecule has 3 aromatic carbocycles. The second-order valence-electron chi connectivity index (χ2n) is 6.42. The third-order valence-corrected chi connectivity index (χ3v) is 5.11. The molecule has 0 spiro atoms. The van der Waals surface area contributed by atoms with Crippen LogP contribution in [-0.2, 0) is 6.42 Å². The molecule has 0 N–H and O–H groups in total. The third kappa shape index (κ3) is 6.10. The minimum Gasteiger partial charge on any atom is -0.311 e. The van der Waals surface area contributed by atoms with Crippen molar-refractivity contribution in [2.45, 2.75) is 47.0 Å². The summed E-state index contributed by atoms with van der Waals surface area (Å²) in [7, 11) is 0. The monoisotopic (exact) mass is 471 g/mol. The van der Waals surface area contributed by atoms with E-state index in [2.05, 4.69) is 114 Å². The minimum absolute atomic E-state index is 1.16. The van der Waals surface area contributed by atoms with Gasteiger partial charge in [0.25, 0.3) is 0 Å². The number of nitrogens with zero attached hydrogens (tertiary/aromatic N) is 1. The molecule has 142 valence electrons. The Balaban J connectivity index is 0.00000126. The van der Waals surface area contributed by atoms with Gasteiger partial charge in [0.15, 0.2) is 0 Å². The van der Waals surface area contributed by atoms with E-state index in [9.17, 15) is 0 Å². The molecule has 0 aliphatic rings. The summed E-state index contributed by atoms with van der Waals surface area (Å²) < 4.78 is 1.25. The SMILES string of the molecule is CC.CCCCc1ccc(N(c2ccc(C)cc2)c2ccc(I)cc2)cc1. The molecule has 0 atom stereocenters. The highest BCUT2D eigenvalue weighted by molar-refractivity contribution is 14.1. The van der Waals surface area contributed by atoms with E-state index < -0.39 is 0 Å². The predicted molar refractivity (Wildman–Crippen MR) is 129 cm³/mol. The normalized spacial score (nSPS) is 10.1. The molecular weight excluding hydrogens is 441 g/mol. The van der Waals surface area contributed by atoms with Crippen molar-refractivity contribution < 1.29 is 0 Å². The van der Waals surface area contributed by atoms with Crippen molar-refractivity contribution in [1.29, 1.82) is 0 Å². The van der Waals surface area contributed by atoms with Crippen LogP contribution in [0.25, 0.3) is 0 Å². The number of aryl methyl sites for hydroxylation is 2. The van der Waals surface area contributed by atoms with Crippen LogP contribution in [0.3, 0.4) is 0 Å². The van der Waals surface area contributed by atoms with Crippen LogP contribution >= 0.6 is 22.6 Å². The van der Waals surface area contributed by atoms with Gasteiger partial charge in [-0.1, -0.05) is 57.0 Å². The first-order chi connectivity index (χ1) is 13.2. The average Bonchev–Trinajstić information content (AvgIpc) is 2.72. The lowest BCUT2D eigenvalue weighted by atomic mass is 10.1. The Kier molecular flexibility index (Phi) is 8.86. The van der Waals surface area contributed by atoms with Crippen LogP contribution in [0.1, 0.15) is 44.7 Å². The zero-order valence-electron chi connectivity index (χ0n) is 16.9. The van der Waals surface area contributed by atoms with Crippen LogP contribution in [0.15, 0.2) is 72.8 Å². The summed E-state index contributed by atoms with van der Waals surface area (Å²) in [6.07, 6.45) is 3.64. The van der Waals surface area contributed by atoms with Crippen molar-refractivity contribution in [2.75, 3.05) is 4.90 Å². The highest BCUT2D eigenvalue weighted by atomic mass is 127. The number of anilines is 3. The fraction of sp³-hybridized carbons (Fsp3) is 0.280. The maximum atomic E-state index is 2.35. The molecule has 1 nitrogen and oxygen atoms in total. The molecule has 3 aromatic rings. The molecule has 0 bridgehead atoms. The summed E-state index contributed by atoms with van der Waals surface area (Å²) in [5.41, 5.74) is 6.27. The van der Waals surface area contributed by atoms with E-state index in [-0.39, 0.29) is 0 Å². The topological polar surface area (TPSA) is 3.24 Å². The maximum absolute atomic E-state index is 2.35. The van der Waals surface area contributed by atoms with Gasteiger partial charge in [-0.3, -0.25) is 0 Å². The lowest BCUT2D eigenvalue weighted by Crippen LogP contribution is -2.10. The lowest BCUT2D eigenvalue weighted by molar-refractivity contribution is 0.795. The lowest BCUT2D eigenvalue weighted by Gasteiger charge is -2.26. The van der Waals surface area contributed by atoms with Crippen LogP contribution in [-0.4, -0.2) is 0 Å². The summed E-state index contributed by atoms with van der Waals surface area (Å²) in [6, 6.07) is 26.4. The Hall–Kier alpha value is -1.81. The molecular formula is C25H30IN. The van der Waals surface area contributed by atoms with Gasteiger partial charge in [0.05, 0.1) is 0 Å². The smallest absolute Gasteiger partial charge is 0.0462 e. The third-order valence-electron chi connectivity index (χ3n) is 4.39. The second kappa shape index (κ2) is 11.1. The molecule has 0 radical (unpaired) electrons. The Morgan fingerprint density at radius 1 is 0.704 bits per heavy atom.